The molecule has 10 heteroatoms. The van der Waals surface area contributed by atoms with Gasteiger partial charge >= 0.3 is 0 Å². The van der Waals surface area contributed by atoms with E-state index >= 15 is 0 Å². The maximum atomic E-state index is 12.8. The first-order valence-corrected chi connectivity index (χ1v) is 13.2. The van der Waals surface area contributed by atoms with E-state index in [1.54, 1.807) is 43.5 Å². The fourth-order valence-corrected chi connectivity index (χ4v) is 4.99. The Kier molecular flexibility index (Phi) is 9.09. The Balaban J connectivity index is 1.32. The van der Waals surface area contributed by atoms with Crippen LogP contribution in [0.3, 0.4) is 0 Å². The van der Waals surface area contributed by atoms with Crippen LogP contribution in [0, 0.1) is 6.92 Å². The van der Waals surface area contributed by atoms with Crippen molar-refractivity contribution in [3.05, 3.63) is 87.2 Å². The minimum absolute atomic E-state index is 0.112. The third kappa shape index (κ3) is 6.96. The summed E-state index contributed by atoms with van der Waals surface area (Å²) in [5.74, 6) is 0.926. The van der Waals surface area contributed by atoms with Gasteiger partial charge in [-0.3, -0.25) is 19.3 Å². The standard InChI is InChI=1S/C28H25BrN2O6S/c1-18-6-5-7-20(14-18)30-26(32)17-37-22-11-10-19(15-21(22)29)16-25-27(33)31(28(34)38-25)12-13-36-24-9-4-3-8-23(24)35-2/h3-11,14-16H,12-13,17H2,1-2H3,(H,30,32)/b25-16-. The number of para-hydroxylation sites is 2. The van der Waals surface area contributed by atoms with E-state index in [0.717, 1.165) is 22.2 Å². The molecule has 0 radical (unpaired) electrons. The molecule has 0 bridgehead atoms. The number of nitrogens with zero attached hydrogens (tertiary/aromatic N) is 1. The van der Waals surface area contributed by atoms with Gasteiger partial charge in [0.1, 0.15) is 12.4 Å². The number of aryl methyl sites for hydroxylation is 1. The van der Waals surface area contributed by atoms with Crippen molar-refractivity contribution in [1.29, 1.82) is 0 Å². The maximum Gasteiger partial charge on any atom is 0.293 e. The van der Waals surface area contributed by atoms with E-state index in [1.807, 2.05) is 43.3 Å². The van der Waals surface area contributed by atoms with Crippen LogP contribution >= 0.6 is 27.7 Å². The second-order valence-electron chi connectivity index (χ2n) is 8.23. The van der Waals surface area contributed by atoms with Gasteiger partial charge in [0.25, 0.3) is 17.1 Å². The molecule has 1 aliphatic rings. The molecule has 0 saturated carbocycles. The van der Waals surface area contributed by atoms with Gasteiger partial charge in [-0.2, -0.15) is 0 Å². The highest BCUT2D eigenvalue weighted by Crippen LogP contribution is 2.34. The molecule has 0 spiro atoms. The number of thioether (sulfide) groups is 1. The molecule has 3 aromatic rings. The summed E-state index contributed by atoms with van der Waals surface area (Å²) >= 11 is 4.32. The van der Waals surface area contributed by atoms with Crippen molar-refractivity contribution in [3.63, 3.8) is 0 Å². The highest BCUT2D eigenvalue weighted by Gasteiger charge is 2.34. The fraction of sp³-hybridized carbons (Fsp3) is 0.179. The molecule has 0 aromatic heterocycles. The van der Waals surface area contributed by atoms with Crippen LogP contribution in [0.25, 0.3) is 6.08 Å². The Morgan fingerprint density at radius 3 is 2.53 bits per heavy atom. The van der Waals surface area contributed by atoms with Crippen LogP contribution in [0.15, 0.2) is 76.1 Å². The van der Waals surface area contributed by atoms with Crippen molar-refractivity contribution in [2.24, 2.45) is 0 Å². The van der Waals surface area contributed by atoms with Gasteiger partial charge in [-0.1, -0.05) is 30.3 Å². The Bertz CT molecular complexity index is 1390. The van der Waals surface area contributed by atoms with Crippen LogP contribution in [0.4, 0.5) is 10.5 Å². The molecule has 1 fully saturated rings. The summed E-state index contributed by atoms with van der Waals surface area (Å²) in [5.41, 5.74) is 2.44. The number of amides is 3. The molecule has 0 unspecified atom stereocenters. The zero-order valence-corrected chi connectivity index (χ0v) is 23.1. The van der Waals surface area contributed by atoms with Crippen LogP contribution in [-0.4, -0.2) is 48.8 Å². The summed E-state index contributed by atoms with van der Waals surface area (Å²) in [6.45, 7) is 2.03. The van der Waals surface area contributed by atoms with Gasteiger partial charge < -0.3 is 19.5 Å². The lowest BCUT2D eigenvalue weighted by Crippen LogP contribution is -2.32. The van der Waals surface area contributed by atoms with Gasteiger partial charge in [0.15, 0.2) is 18.1 Å². The van der Waals surface area contributed by atoms with Gasteiger partial charge in [0, 0.05) is 5.69 Å². The van der Waals surface area contributed by atoms with Crippen LogP contribution in [-0.2, 0) is 9.59 Å². The molecule has 0 atom stereocenters. The molecular weight excluding hydrogens is 572 g/mol. The molecule has 0 aliphatic carbocycles. The van der Waals surface area contributed by atoms with Gasteiger partial charge in [-0.05, 0) is 88.2 Å². The van der Waals surface area contributed by atoms with Crippen molar-refractivity contribution in [2.75, 3.05) is 32.2 Å². The zero-order chi connectivity index (χ0) is 27.1. The van der Waals surface area contributed by atoms with Crippen molar-refractivity contribution >= 4 is 56.5 Å². The van der Waals surface area contributed by atoms with E-state index in [0.29, 0.717) is 37.9 Å². The average Bonchev–Trinajstić information content (AvgIpc) is 3.15. The number of nitrogens with one attached hydrogen (secondary N) is 1. The number of rotatable bonds is 10. The average molecular weight is 597 g/mol. The van der Waals surface area contributed by atoms with E-state index in [1.165, 1.54) is 0 Å². The molecule has 1 N–H and O–H groups in total. The van der Waals surface area contributed by atoms with E-state index in [-0.39, 0.29) is 36.8 Å². The lowest BCUT2D eigenvalue weighted by molar-refractivity contribution is -0.123. The number of benzene rings is 3. The number of carbonyl (C=O) groups excluding carboxylic acids is 3. The van der Waals surface area contributed by atoms with Crippen LogP contribution in [0.2, 0.25) is 0 Å². The van der Waals surface area contributed by atoms with Gasteiger partial charge in [0.05, 0.1) is 23.0 Å². The Morgan fingerprint density at radius 2 is 1.79 bits per heavy atom. The number of hydrogen-bond donors (Lipinski definition) is 1. The normalized spacial score (nSPS) is 14.1. The second kappa shape index (κ2) is 12.7. The third-order valence-electron chi connectivity index (χ3n) is 5.43. The molecule has 4 rings (SSSR count). The highest BCUT2D eigenvalue weighted by atomic mass is 79.9. The van der Waals surface area contributed by atoms with Gasteiger partial charge in [-0.25, -0.2) is 0 Å². The van der Waals surface area contributed by atoms with Gasteiger partial charge in [-0.15, -0.1) is 0 Å². The largest absolute Gasteiger partial charge is 0.493 e. The minimum Gasteiger partial charge on any atom is -0.493 e. The lowest BCUT2D eigenvalue weighted by atomic mass is 10.2. The van der Waals surface area contributed by atoms with Crippen molar-refractivity contribution in [2.45, 2.75) is 6.92 Å². The summed E-state index contributed by atoms with van der Waals surface area (Å²) in [6, 6.07) is 19.9. The van der Waals surface area contributed by atoms with Crippen LogP contribution < -0.4 is 19.5 Å². The minimum atomic E-state index is -0.382. The predicted octanol–water partition coefficient (Wildman–Crippen LogP) is 5.90. The van der Waals surface area contributed by atoms with Crippen LogP contribution in [0.1, 0.15) is 11.1 Å². The van der Waals surface area contributed by atoms with Crippen molar-refractivity contribution in [1.82, 2.24) is 4.90 Å². The second-order valence-corrected chi connectivity index (χ2v) is 10.1. The quantitative estimate of drug-likeness (QED) is 0.291. The maximum absolute atomic E-state index is 12.8. The first-order chi connectivity index (χ1) is 18.3. The first kappa shape index (κ1) is 27.3. The number of ether oxygens (including phenoxy) is 3. The summed E-state index contributed by atoms with van der Waals surface area (Å²) in [4.78, 5) is 39.0. The van der Waals surface area contributed by atoms with E-state index in [9.17, 15) is 14.4 Å². The van der Waals surface area contributed by atoms with Gasteiger partial charge in [0.2, 0.25) is 0 Å². The number of halogens is 1. The topological polar surface area (TPSA) is 94.2 Å². The number of hydrogen-bond acceptors (Lipinski definition) is 7. The van der Waals surface area contributed by atoms with Crippen LogP contribution in [0.5, 0.6) is 17.2 Å². The number of methoxy groups -OCH3 is 1. The summed E-state index contributed by atoms with van der Waals surface area (Å²) in [6.07, 6.45) is 1.64. The summed E-state index contributed by atoms with van der Waals surface area (Å²) in [5, 5.41) is 2.44. The smallest absolute Gasteiger partial charge is 0.293 e. The van der Waals surface area contributed by atoms with Crippen molar-refractivity contribution < 1.29 is 28.6 Å². The third-order valence-corrected chi connectivity index (χ3v) is 6.96. The molecule has 1 saturated heterocycles. The number of imide groups is 1. The summed E-state index contributed by atoms with van der Waals surface area (Å²) < 4.78 is 17.2. The van der Waals surface area contributed by atoms with E-state index in [2.05, 4.69) is 21.2 Å². The number of anilines is 1. The first-order valence-electron chi connectivity index (χ1n) is 11.6. The Hall–Kier alpha value is -3.76. The predicted molar refractivity (Wildman–Crippen MR) is 151 cm³/mol. The molecule has 3 amide bonds. The molecular formula is C28H25BrN2O6S. The molecule has 8 nitrogen and oxygen atoms in total. The number of carbonyl (C=O) groups is 3. The molecule has 1 aliphatic heterocycles. The van der Waals surface area contributed by atoms with Crippen molar-refractivity contribution in [3.8, 4) is 17.2 Å². The van der Waals surface area contributed by atoms with E-state index in [4.69, 9.17) is 14.2 Å². The Labute approximate surface area is 233 Å². The van der Waals surface area contributed by atoms with E-state index < -0.39 is 0 Å². The summed E-state index contributed by atoms with van der Waals surface area (Å²) in [7, 11) is 1.55. The molecule has 196 valence electrons. The monoisotopic (exact) mass is 596 g/mol. The highest BCUT2D eigenvalue weighted by molar-refractivity contribution is 9.10. The molecule has 3 aromatic carbocycles. The zero-order valence-electron chi connectivity index (χ0n) is 20.7. The fourth-order valence-electron chi connectivity index (χ4n) is 3.62. The molecule has 38 heavy (non-hydrogen) atoms. The lowest BCUT2D eigenvalue weighted by Gasteiger charge is -2.14. The Morgan fingerprint density at radius 1 is 1.00 bits per heavy atom. The molecule has 1 heterocycles. The SMILES string of the molecule is COc1ccccc1OCCN1C(=O)S/C(=C\c2ccc(OCC(=O)Nc3cccc(C)c3)c(Br)c2)C1=O.